The topological polar surface area (TPSA) is 91.4 Å². The standard InChI is InChI=1S/C10H14N2O4/c1-16-9(14)5-7(13)6-12-10(15)8-3-2-4-11-8/h2-4,7,11,13H,5-6H2,1H3,(H,12,15). The number of hydrogen-bond donors (Lipinski definition) is 3. The first kappa shape index (κ1) is 12.3. The number of rotatable bonds is 5. The van der Waals surface area contributed by atoms with Gasteiger partial charge in [0.1, 0.15) is 5.69 Å². The maximum absolute atomic E-state index is 11.4. The Labute approximate surface area is 92.6 Å². The van der Waals surface area contributed by atoms with E-state index < -0.39 is 12.1 Å². The molecule has 1 atom stereocenters. The van der Waals surface area contributed by atoms with E-state index in [1.54, 1.807) is 18.3 Å². The lowest BCUT2D eigenvalue weighted by molar-refractivity contribution is -0.142. The van der Waals surface area contributed by atoms with Crippen molar-refractivity contribution in [1.29, 1.82) is 0 Å². The molecule has 1 rings (SSSR count). The van der Waals surface area contributed by atoms with Gasteiger partial charge >= 0.3 is 5.97 Å². The molecule has 0 aliphatic heterocycles. The van der Waals surface area contributed by atoms with Crippen molar-refractivity contribution in [1.82, 2.24) is 10.3 Å². The summed E-state index contributed by atoms with van der Waals surface area (Å²) in [6.45, 7) is 0.00690. The van der Waals surface area contributed by atoms with Crippen LogP contribution in [0.25, 0.3) is 0 Å². The predicted molar refractivity (Wildman–Crippen MR) is 55.8 cm³/mol. The first-order valence-electron chi connectivity index (χ1n) is 4.80. The number of esters is 1. The Balaban J connectivity index is 2.29. The molecule has 6 heteroatoms. The first-order chi connectivity index (χ1) is 7.63. The Hall–Kier alpha value is -1.82. The fraction of sp³-hybridized carbons (Fsp3) is 0.400. The summed E-state index contributed by atoms with van der Waals surface area (Å²) in [6.07, 6.45) is 0.549. The van der Waals surface area contributed by atoms with Crippen molar-refractivity contribution in [2.45, 2.75) is 12.5 Å². The van der Waals surface area contributed by atoms with E-state index in [0.29, 0.717) is 5.69 Å². The van der Waals surface area contributed by atoms with Crippen molar-refractivity contribution in [2.24, 2.45) is 0 Å². The number of aromatic nitrogens is 1. The Morgan fingerprint density at radius 1 is 1.62 bits per heavy atom. The highest BCUT2D eigenvalue weighted by atomic mass is 16.5. The Bertz CT molecular complexity index is 348. The molecule has 0 aromatic carbocycles. The van der Waals surface area contributed by atoms with Gasteiger partial charge in [-0.1, -0.05) is 0 Å². The number of carbonyl (C=O) groups excluding carboxylic acids is 2. The number of carbonyl (C=O) groups is 2. The van der Waals surface area contributed by atoms with E-state index in [1.807, 2.05) is 0 Å². The summed E-state index contributed by atoms with van der Waals surface area (Å²) in [7, 11) is 1.24. The van der Waals surface area contributed by atoms with Gasteiger partial charge in [-0.3, -0.25) is 9.59 Å². The first-order valence-corrected chi connectivity index (χ1v) is 4.80. The molecule has 0 spiro atoms. The van der Waals surface area contributed by atoms with Crippen LogP contribution in [0.1, 0.15) is 16.9 Å². The quantitative estimate of drug-likeness (QED) is 0.599. The summed E-state index contributed by atoms with van der Waals surface area (Å²) >= 11 is 0. The van der Waals surface area contributed by atoms with Gasteiger partial charge in [0.2, 0.25) is 0 Å². The average Bonchev–Trinajstić information content (AvgIpc) is 2.79. The molecule has 16 heavy (non-hydrogen) atoms. The normalized spacial score (nSPS) is 11.9. The molecule has 1 heterocycles. The zero-order valence-corrected chi connectivity index (χ0v) is 8.90. The molecule has 0 radical (unpaired) electrons. The van der Waals surface area contributed by atoms with Crippen LogP contribution < -0.4 is 5.32 Å². The molecule has 0 bridgehead atoms. The summed E-state index contributed by atoms with van der Waals surface area (Å²) in [4.78, 5) is 24.9. The number of H-pyrrole nitrogens is 1. The fourth-order valence-corrected chi connectivity index (χ4v) is 1.13. The average molecular weight is 226 g/mol. The van der Waals surface area contributed by atoms with Crippen molar-refractivity contribution in [3.05, 3.63) is 24.0 Å². The monoisotopic (exact) mass is 226 g/mol. The van der Waals surface area contributed by atoms with Crippen LogP contribution in [0.15, 0.2) is 18.3 Å². The largest absolute Gasteiger partial charge is 0.469 e. The molecule has 0 saturated heterocycles. The Kier molecular flexibility index (Phi) is 4.53. The number of amides is 1. The van der Waals surface area contributed by atoms with E-state index in [4.69, 9.17) is 0 Å². The molecule has 1 aromatic rings. The molecule has 6 nitrogen and oxygen atoms in total. The number of hydrogen-bond acceptors (Lipinski definition) is 4. The number of ether oxygens (including phenoxy) is 1. The molecule has 0 aliphatic rings. The minimum atomic E-state index is -0.939. The van der Waals surface area contributed by atoms with E-state index in [9.17, 15) is 14.7 Å². The summed E-state index contributed by atoms with van der Waals surface area (Å²) < 4.78 is 4.38. The maximum atomic E-state index is 11.4. The summed E-state index contributed by atoms with van der Waals surface area (Å²) in [5.41, 5.74) is 0.408. The molecule has 3 N–H and O–H groups in total. The molecule has 1 aromatic heterocycles. The lowest BCUT2D eigenvalue weighted by Gasteiger charge is -2.09. The summed E-state index contributed by atoms with van der Waals surface area (Å²) in [5.74, 6) is -0.837. The zero-order chi connectivity index (χ0) is 12.0. The molecular weight excluding hydrogens is 212 g/mol. The highest BCUT2D eigenvalue weighted by Crippen LogP contribution is 1.96. The maximum Gasteiger partial charge on any atom is 0.308 e. The van der Waals surface area contributed by atoms with Crippen LogP contribution in [-0.2, 0) is 9.53 Å². The van der Waals surface area contributed by atoms with Gasteiger partial charge < -0.3 is 20.1 Å². The van der Waals surface area contributed by atoms with Crippen LogP contribution in [0.4, 0.5) is 0 Å². The second kappa shape index (κ2) is 5.92. The summed E-state index contributed by atoms with van der Waals surface area (Å²) in [6, 6.07) is 3.31. The highest BCUT2D eigenvalue weighted by molar-refractivity contribution is 5.92. The van der Waals surface area contributed by atoms with Gasteiger partial charge in [0, 0.05) is 12.7 Å². The van der Waals surface area contributed by atoms with Crippen molar-refractivity contribution in [3.8, 4) is 0 Å². The number of aliphatic hydroxyl groups excluding tert-OH is 1. The van der Waals surface area contributed by atoms with Crippen LogP contribution in [0, 0.1) is 0 Å². The lowest BCUT2D eigenvalue weighted by atomic mass is 10.2. The van der Waals surface area contributed by atoms with Gasteiger partial charge in [-0.05, 0) is 12.1 Å². The van der Waals surface area contributed by atoms with E-state index in [1.165, 1.54) is 7.11 Å². The van der Waals surface area contributed by atoms with Crippen molar-refractivity contribution >= 4 is 11.9 Å². The molecule has 0 aliphatic carbocycles. The zero-order valence-electron chi connectivity index (χ0n) is 8.90. The van der Waals surface area contributed by atoms with Crippen LogP contribution in [0.3, 0.4) is 0 Å². The fourth-order valence-electron chi connectivity index (χ4n) is 1.13. The van der Waals surface area contributed by atoms with Crippen molar-refractivity contribution < 1.29 is 19.4 Å². The summed E-state index contributed by atoms with van der Waals surface area (Å²) in [5, 5.41) is 11.9. The van der Waals surface area contributed by atoms with Gasteiger partial charge in [-0.25, -0.2) is 0 Å². The molecular formula is C10H14N2O4. The number of methoxy groups -OCH3 is 1. The van der Waals surface area contributed by atoms with Crippen LogP contribution in [0.2, 0.25) is 0 Å². The highest BCUT2D eigenvalue weighted by Gasteiger charge is 2.13. The van der Waals surface area contributed by atoms with Gasteiger partial charge in [0.25, 0.3) is 5.91 Å². The van der Waals surface area contributed by atoms with Gasteiger partial charge in [-0.15, -0.1) is 0 Å². The van der Waals surface area contributed by atoms with Crippen LogP contribution >= 0.6 is 0 Å². The Morgan fingerprint density at radius 3 is 2.94 bits per heavy atom. The number of nitrogens with one attached hydrogen (secondary N) is 2. The second-order valence-electron chi connectivity index (χ2n) is 3.23. The lowest BCUT2D eigenvalue weighted by Crippen LogP contribution is -2.33. The smallest absolute Gasteiger partial charge is 0.308 e. The minimum Gasteiger partial charge on any atom is -0.469 e. The third-order valence-corrected chi connectivity index (χ3v) is 1.97. The van der Waals surface area contributed by atoms with E-state index in [0.717, 1.165) is 0 Å². The molecule has 1 amide bonds. The second-order valence-corrected chi connectivity index (χ2v) is 3.23. The third kappa shape index (κ3) is 3.74. The van der Waals surface area contributed by atoms with Crippen LogP contribution in [0.5, 0.6) is 0 Å². The molecule has 88 valence electrons. The molecule has 0 fully saturated rings. The van der Waals surface area contributed by atoms with E-state index >= 15 is 0 Å². The van der Waals surface area contributed by atoms with Crippen molar-refractivity contribution in [3.63, 3.8) is 0 Å². The number of aromatic amines is 1. The Morgan fingerprint density at radius 2 is 2.38 bits per heavy atom. The van der Waals surface area contributed by atoms with Crippen molar-refractivity contribution in [2.75, 3.05) is 13.7 Å². The number of aliphatic hydroxyl groups is 1. The molecule has 1 unspecified atom stereocenters. The van der Waals surface area contributed by atoms with Gasteiger partial charge in [-0.2, -0.15) is 0 Å². The third-order valence-electron chi connectivity index (χ3n) is 1.97. The minimum absolute atomic E-state index is 0.00690. The van der Waals surface area contributed by atoms with Gasteiger partial charge in [0.15, 0.2) is 0 Å². The van der Waals surface area contributed by atoms with Crippen LogP contribution in [-0.4, -0.2) is 41.7 Å². The molecule has 0 saturated carbocycles. The predicted octanol–water partition coefficient (Wildman–Crippen LogP) is -0.332. The SMILES string of the molecule is COC(=O)CC(O)CNC(=O)c1ccc[nH]1. The van der Waals surface area contributed by atoms with Gasteiger partial charge in [0.05, 0.1) is 19.6 Å². The van der Waals surface area contributed by atoms with E-state index in [-0.39, 0.29) is 18.9 Å². The van der Waals surface area contributed by atoms with E-state index in [2.05, 4.69) is 15.0 Å².